The number of aliphatic hydroxyl groups is 1. The molecule has 6 aliphatic rings. The number of likely N-dealkylation sites (tertiary alicyclic amines) is 1. The topological polar surface area (TPSA) is 55.8 Å². The SMILES string of the molecule is CCCCOc1ccc2c3c1OC1C(=O)CC[C@@]4(O)[C@H]5C2(C[C@]314)[N+]5(C)CC1CC1. The molecule has 2 bridgehead atoms. The molecule has 2 aliphatic heterocycles. The minimum absolute atomic E-state index is 0.0317. The number of Topliss-reactive ketones (excluding diaryl/α,β-unsaturated/α-hetero) is 1. The summed E-state index contributed by atoms with van der Waals surface area (Å²) in [7, 11) is 2.36. The van der Waals surface area contributed by atoms with Gasteiger partial charge in [-0.15, -0.1) is 0 Å². The first kappa shape index (κ1) is 17.1. The molecule has 0 aromatic heterocycles. The monoisotopic (exact) mass is 396 g/mol. The summed E-state index contributed by atoms with van der Waals surface area (Å²) >= 11 is 0. The van der Waals surface area contributed by atoms with Crippen LogP contribution in [0.15, 0.2) is 12.1 Å². The van der Waals surface area contributed by atoms with Gasteiger partial charge in [-0.05, 0) is 37.8 Å². The molecular weight excluding hydrogens is 366 g/mol. The first-order chi connectivity index (χ1) is 13.9. The number of carbonyl (C=O) groups excluding carboxylic acids is 1. The predicted octanol–water partition coefficient (Wildman–Crippen LogP) is 2.81. The van der Waals surface area contributed by atoms with Gasteiger partial charge < -0.3 is 19.1 Å². The summed E-state index contributed by atoms with van der Waals surface area (Å²) < 4.78 is 13.4. The zero-order valence-corrected chi connectivity index (χ0v) is 17.4. The average molecular weight is 397 g/mol. The number of hydrogen-bond donors (Lipinski definition) is 1. The number of benzene rings is 1. The van der Waals surface area contributed by atoms with Crippen molar-refractivity contribution in [3.05, 3.63) is 23.3 Å². The summed E-state index contributed by atoms with van der Waals surface area (Å²) in [5.41, 5.74) is 1.04. The Morgan fingerprint density at radius 3 is 2.93 bits per heavy atom. The fourth-order valence-corrected chi connectivity index (χ4v) is 8.30. The van der Waals surface area contributed by atoms with E-state index >= 15 is 0 Å². The lowest BCUT2D eigenvalue weighted by Crippen LogP contribution is -2.65. The second-order valence-electron chi connectivity index (χ2n) is 10.8. The molecular formula is C24H30NO4+. The predicted molar refractivity (Wildman–Crippen MR) is 106 cm³/mol. The number of nitrogens with zero attached hydrogens (tertiary/aromatic N) is 1. The highest BCUT2D eigenvalue weighted by Crippen LogP contribution is 2.84. The van der Waals surface area contributed by atoms with Crippen LogP contribution < -0.4 is 9.47 Å². The highest BCUT2D eigenvalue weighted by atomic mass is 16.5. The Labute approximate surface area is 171 Å². The Bertz CT molecular complexity index is 972. The van der Waals surface area contributed by atoms with Crippen molar-refractivity contribution < 1.29 is 23.9 Å². The smallest absolute Gasteiger partial charge is 0.182 e. The third-order valence-corrected chi connectivity index (χ3v) is 9.49. The Kier molecular flexibility index (Phi) is 2.85. The summed E-state index contributed by atoms with van der Waals surface area (Å²) in [6.07, 6.45) is 6.06. The van der Waals surface area contributed by atoms with Crippen molar-refractivity contribution in [2.24, 2.45) is 5.92 Å². The van der Waals surface area contributed by atoms with E-state index in [1.54, 1.807) is 0 Å². The zero-order valence-electron chi connectivity index (χ0n) is 17.4. The van der Waals surface area contributed by atoms with E-state index in [-0.39, 0.29) is 17.4 Å². The van der Waals surface area contributed by atoms with E-state index in [1.165, 1.54) is 18.4 Å². The van der Waals surface area contributed by atoms with E-state index in [1.807, 2.05) is 0 Å². The van der Waals surface area contributed by atoms with Crippen molar-refractivity contribution in [2.75, 3.05) is 20.2 Å². The van der Waals surface area contributed by atoms with Crippen LogP contribution in [0, 0.1) is 5.92 Å². The first-order valence-electron chi connectivity index (χ1n) is 11.5. The van der Waals surface area contributed by atoms with Crippen molar-refractivity contribution in [3.8, 4) is 11.5 Å². The molecule has 1 aromatic rings. The molecule has 154 valence electrons. The molecule has 7 rings (SSSR count). The van der Waals surface area contributed by atoms with E-state index in [0.29, 0.717) is 19.4 Å². The molecule has 1 saturated heterocycles. The van der Waals surface area contributed by atoms with Gasteiger partial charge in [-0.1, -0.05) is 13.3 Å². The summed E-state index contributed by atoms with van der Waals surface area (Å²) in [6.45, 7) is 3.97. The molecule has 4 fully saturated rings. The average Bonchev–Trinajstić information content (AvgIpc) is 3.46. The minimum Gasteiger partial charge on any atom is -0.490 e. The molecule has 3 saturated carbocycles. The lowest BCUT2D eigenvalue weighted by Gasteiger charge is -2.46. The van der Waals surface area contributed by atoms with Gasteiger partial charge in [0.15, 0.2) is 35.0 Å². The number of piperidine rings is 1. The number of ketones is 1. The summed E-state index contributed by atoms with van der Waals surface area (Å²) in [4.78, 5) is 13.0. The van der Waals surface area contributed by atoms with E-state index in [0.717, 1.165) is 53.3 Å². The molecule has 1 N–H and O–H groups in total. The van der Waals surface area contributed by atoms with Gasteiger partial charge in [-0.2, -0.15) is 0 Å². The molecule has 2 heterocycles. The van der Waals surface area contributed by atoms with Crippen LogP contribution in [0.1, 0.15) is 63.0 Å². The minimum atomic E-state index is -0.838. The van der Waals surface area contributed by atoms with Crippen LogP contribution in [0.2, 0.25) is 0 Å². The molecule has 0 radical (unpaired) electrons. The maximum absolute atomic E-state index is 13.0. The Hall–Kier alpha value is -1.59. The van der Waals surface area contributed by atoms with Crippen LogP contribution in [0.3, 0.4) is 0 Å². The fourth-order valence-electron chi connectivity index (χ4n) is 8.30. The molecule has 29 heavy (non-hydrogen) atoms. The number of likely N-dealkylation sites (N-methyl/N-ethyl adjacent to an activating group) is 1. The molecule has 0 amide bonds. The quantitative estimate of drug-likeness (QED) is 0.456. The van der Waals surface area contributed by atoms with Crippen LogP contribution in [0.25, 0.3) is 0 Å². The van der Waals surface area contributed by atoms with Gasteiger partial charge in [0.2, 0.25) is 0 Å². The summed E-state index contributed by atoms with van der Waals surface area (Å²) in [5, 5.41) is 12.3. The Morgan fingerprint density at radius 2 is 2.17 bits per heavy atom. The van der Waals surface area contributed by atoms with E-state index in [9.17, 15) is 9.90 Å². The summed E-state index contributed by atoms with van der Waals surface area (Å²) in [6, 6.07) is 4.51. The van der Waals surface area contributed by atoms with Crippen molar-refractivity contribution in [1.82, 2.24) is 0 Å². The zero-order chi connectivity index (χ0) is 19.8. The van der Waals surface area contributed by atoms with Crippen molar-refractivity contribution in [3.63, 3.8) is 0 Å². The van der Waals surface area contributed by atoms with Gasteiger partial charge in [0.25, 0.3) is 0 Å². The maximum atomic E-state index is 13.0. The van der Waals surface area contributed by atoms with Crippen LogP contribution >= 0.6 is 0 Å². The molecule has 6 atom stereocenters. The number of fused-ring (bicyclic) bond motifs is 1. The molecule has 5 heteroatoms. The first-order valence-corrected chi connectivity index (χ1v) is 11.5. The van der Waals surface area contributed by atoms with Gasteiger partial charge in [0, 0.05) is 29.9 Å². The molecule has 2 spiro atoms. The number of hydrogen-bond acceptors (Lipinski definition) is 4. The number of carbonyl (C=O) groups is 1. The number of ether oxygens (including phenoxy) is 2. The second-order valence-corrected chi connectivity index (χ2v) is 10.8. The van der Waals surface area contributed by atoms with Crippen molar-refractivity contribution >= 4 is 5.78 Å². The van der Waals surface area contributed by atoms with Crippen LogP contribution in [0.5, 0.6) is 11.5 Å². The Balaban J connectivity index is 1.42. The van der Waals surface area contributed by atoms with Gasteiger partial charge in [0.1, 0.15) is 5.60 Å². The van der Waals surface area contributed by atoms with E-state index < -0.39 is 17.1 Å². The van der Waals surface area contributed by atoms with Gasteiger partial charge in [-0.25, -0.2) is 0 Å². The molecule has 3 unspecified atom stereocenters. The lowest BCUT2D eigenvalue weighted by atomic mass is 9.59. The maximum Gasteiger partial charge on any atom is 0.182 e. The highest BCUT2D eigenvalue weighted by Gasteiger charge is 2.99. The van der Waals surface area contributed by atoms with Crippen molar-refractivity contribution in [2.45, 2.75) is 80.6 Å². The third-order valence-electron chi connectivity index (χ3n) is 9.49. The summed E-state index contributed by atoms with van der Waals surface area (Å²) in [5.74, 6) is 2.48. The van der Waals surface area contributed by atoms with Crippen LogP contribution in [-0.4, -0.2) is 53.3 Å². The second kappa shape index (κ2) is 4.83. The number of unbranched alkanes of at least 4 members (excludes halogenated alkanes) is 1. The molecule has 1 aromatic carbocycles. The van der Waals surface area contributed by atoms with Crippen LogP contribution in [-0.2, 0) is 15.7 Å². The van der Waals surface area contributed by atoms with E-state index in [4.69, 9.17) is 9.47 Å². The standard InChI is InChI=1S/C24H30NO4/c1-3-4-11-28-17-8-7-15-18-19(17)29-20-16(26)9-10-24(27)21-23(15,13-22(18,20)24)25(21,2)12-14-5-6-14/h7-8,14,20-21,27H,3-6,9-13H2,1-2H3/q+1/t20?,21-,22+,23?,24-,25?/m1/s1. The highest BCUT2D eigenvalue weighted by molar-refractivity contribution is 5.91. The van der Waals surface area contributed by atoms with Gasteiger partial charge >= 0.3 is 0 Å². The lowest BCUT2D eigenvalue weighted by molar-refractivity contribution is -0.836. The van der Waals surface area contributed by atoms with Gasteiger partial charge in [0.05, 0.1) is 25.6 Å². The normalized spacial score (nSPS) is 47.1. The number of rotatable bonds is 6. The Morgan fingerprint density at radius 1 is 1.34 bits per heavy atom. The third kappa shape index (κ3) is 1.56. The van der Waals surface area contributed by atoms with Crippen molar-refractivity contribution in [1.29, 1.82) is 0 Å². The molecule has 4 aliphatic carbocycles. The van der Waals surface area contributed by atoms with Crippen LogP contribution in [0.4, 0.5) is 0 Å². The fraction of sp³-hybridized carbons (Fsp3) is 0.708. The number of quaternary nitrogens is 1. The molecule has 5 nitrogen and oxygen atoms in total. The largest absolute Gasteiger partial charge is 0.490 e. The van der Waals surface area contributed by atoms with E-state index in [2.05, 4.69) is 26.1 Å². The van der Waals surface area contributed by atoms with Gasteiger partial charge in [-0.3, -0.25) is 4.79 Å².